The number of non-ortho nitro benzene ring substituents is 1. The van der Waals surface area contributed by atoms with Gasteiger partial charge in [0, 0.05) is 36.8 Å². The summed E-state index contributed by atoms with van der Waals surface area (Å²) >= 11 is 0. The van der Waals surface area contributed by atoms with E-state index in [0.717, 1.165) is 0 Å². The van der Waals surface area contributed by atoms with Crippen molar-refractivity contribution < 1.29 is 14.8 Å². The van der Waals surface area contributed by atoms with Gasteiger partial charge in [-0.15, -0.1) is 0 Å². The van der Waals surface area contributed by atoms with Crippen LogP contribution in [0.1, 0.15) is 5.56 Å². The largest absolute Gasteiger partial charge is 0.480 e. The van der Waals surface area contributed by atoms with E-state index in [-0.39, 0.29) is 12.1 Å². The summed E-state index contributed by atoms with van der Waals surface area (Å²) in [6.45, 7) is 0. The number of nitro groups is 1. The minimum atomic E-state index is -1.13. The van der Waals surface area contributed by atoms with Crippen LogP contribution >= 0.6 is 0 Å². The molecule has 0 spiro atoms. The number of nitrogen functional groups attached to an aromatic ring is 1. The average Bonchev–Trinajstić information content (AvgIpc) is 2.67. The van der Waals surface area contributed by atoms with Gasteiger partial charge in [0.15, 0.2) is 0 Å². The SMILES string of the molecule is Cn1cc(CC(N)C(=O)O)c2c(N)ccc([N+](=O)[O-])c21. The molecular formula is C12H14N4O4. The maximum absolute atomic E-state index is 11.1. The van der Waals surface area contributed by atoms with Crippen molar-refractivity contribution in [3.63, 3.8) is 0 Å². The predicted molar refractivity (Wildman–Crippen MR) is 73.3 cm³/mol. The molecule has 8 heteroatoms. The second kappa shape index (κ2) is 4.82. The van der Waals surface area contributed by atoms with Crippen molar-refractivity contribution in [1.82, 2.24) is 4.57 Å². The topological polar surface area (TPSA) is 137 Å². The number of nitro benzene ring substituents is 1. The fraction of sp³-hybridized carbons (Fsp3) is 0.250. The first-order valence-electron chi connectivity index (χ1n) is 5.82. The Bertz CT molecular complexity index is 707. The summed E-state index contributed by atoms with van der Waals surface area (Å²) in [6.07, 6.45) is 1.68. The minimum Gasteiger partial charge on any atom is -0.480 e. The number of carbonyl (C=O) groups is 1. The molecule has 1 aromatic heterocycles. The molecule has 20 heavy (non-hydrogen) atoms. The predicted octanol–water partition coefficient (Wildman–Crippen LogP) is 0.623. The summed E-state index contributed by atoms with van der Waals surface area (Å²) in [5, 5.41) is 20.4. The van der Waals surface area contributed by atoms with E-state index in [9.17, 15) is 14.9 Å². The lowest BCUT2D eigenvalue weighted by molar-refractivity contribution is -0.383. The zero-order valence-electron chi connectivity index (χ0n) is 10.7. The van der Waals surface area contributed by atoms with Gasteiger partial charge in [0.1, 0.15) is 11.6 Å². The highest BCUT2D eigenvalue weighted by Crippen LogP contribution is 2.34. The molecule has 0 aliphatic rings. The Labute approximate surface area is 113 Å². The molecule has 0 amide bonds. The van der Waals surface area contributed by atoms with Crippen LogP contribution in [-0.2, 0) is 18.3 Å². The lowest BCUT2D eigenvalue weighted by Gasteiger charge is -2.06. The molecule has 0 aliphatic carbocycles. The maximum Gasteiger partial charge on any atom is 0.320 e. The van der Waals surface area contributed by atoms with Crippen LogP contribution in [0.15, 0.2) is 18.3 Å². The first-order valence-corrected chi connectivity index (χ1v) is 5.82. The Morgan fingerprint density at radius 1 is 1.55 bits per heavy atom. The van der Waals surface area contributed by atoms with Gasteiger partial charge < -0.3 is 21.1 Å². The summed E-state index contributed by atoms with van der Waals surface area (Å²) in [4.78, 5) is 21.4. The number of rotatable bonds is 4. The molecule has 0 saturated carbocycles. The number of nitrogens with zero attached hydrogens (tertiary/aromatic N) is 2. The van der Waals surface area contributed by atoms with Crippen LogP contribution in [0.3, 0.4) is 0 Å². The number of hydrogen-bond donors (Lipinski definition) is 3. The van der Waals surface area contributed by atoms with Crippen LogP contribution < -0.4 is 11.5 Å². The van der Waals surface area contributed by atoms with Crippen molar-refractivity contribution in [3.05, 3.63) is 34.0 Å². The molecule has 1 unspecified atom stereocenters. The minimum absolute atomic E-state index is 0.0536. The van der Waals surface area contributed by atoms with Gasteiger partial charge >= 0.3 is 5.97 Å². The molecule has 0 saturated heterocycles. The number of anilines is 1. The monoisotopic (exact) mass is 278 g/mol. The van der Waals surface area contributed by atoms with Gasteiger partial charge in [-0.2, -0.15) is 0 Å². The summed E-state index contributed by atoms with van der Waals surface area (Å²) in [5.74, 6) is -1.13. The number of aliphatic carboxylic acids is 1. The van der Waals surface area contributed by atoms with E-state index in [2.05, 4.69) is 0 Å². The van der Waals surface area contributed by atoms with Crippen LogP contribution in [0.25, 0.3) is 10.9 Å². The molecule has 1 heterocycles. The van der Waals surface area contributed by atoms with Crippen LogP contribution in [-0.4, -0.2) is 26.6 Å². The van der Waals surface area contributed by atoms with Crippen molar-refractivity contribution in [1.29, 1.82) is 0 Å². The first kappa shape index (κ1) is 13.8. The molecule has 0 aliphatic heterocycles. The average molecular weight is 278 g/mol. The number of benzene rings is 1. The van der Waals surface area contributed by atoms with E-state index in [1.165, 1.54) is 12.1 Å². The molecule has 1 atom stereocenters. The van der Waals surface area contributed by atoms with E-state index in [0.29, 0.717) is 22.2 Å². The molecule has 5 N–H and O–H groups in total. The molecule has 0 radical (unpaired) electrons. The Hall–Kier alpha value is -2.61. The van der Waals surface area contributed by atoms with Gasteiger partial charge in [0.25, 0.3) is 5.69 Å². The summed E-state index contributed by atoms with van der Waals surface area (Å²) < 4.78 is 1.56. The summed E-state index contributed by atoms with van der Waals surface area (Å²) in [7, 11) is 1.64. The molecule has 106 valence electrons. The zero-order valence-corrected chi connectivity index (χ0v) is 10.7. The first-order chi connectivity index (χ1) is 9.32. The van der Waals surface area contributed by atoms with Crippen LogP contribution in [0.5, 0.6) is 0 Å². The van der Waals surface area contributed by atoms with E-state index >= 15 is 0 Å². The smallest absolute Gasteiger partial charge is 0.320 e. The molecule has 0 fully saturated rings. The molecule has 1 aromatic carbocycles. The van der Waals surface area contributed by atoms with E-state index in [1.54, 1.807) is 17.8 Å². The lowest BCUT2D eigenvalue weighted by Crippen LogP contribution is -2.32. The van der Waals surface area contributed by atoms with Crippen molar-refractivity contribution in [2.75, 3.05) is 5.73 Å². The fourth-order valence-corrected chi connectivity index (χ4v) is 2.28. The Morgan fingerprint density at radius 2 is 2.20 bits per heavy atom. The summed E-state index contributed by atoms with van der Waals surface area (Å²) in [5.41, 5.74) is 12.6. The van der Waals surface area contributed by atoms with Crippen molar-refractivity contribution in [3.8, 4) is 0 Å². The molecule has 0 bridgehead atoms. The highest BCUT2D eigenvalue weighted by Gasteiger charge is 2.22. The third-order valence-electron chi connectivity index (χ3n) is 3.17. The van der Waals surface area contributed by atoms with Crippen LogP contribution in [0.2, 0.25) is 0 Å². The van der Waals surface area contributed by atoms with Gasteiger partial charge in [-0.05, 0) is 11.6 Å². The standard InChI is InChI=1S/C12H14N4O4/c1-15-5-6(4-8(14)12(17)18)10-7(13)2-3-9(11(10)15)16(19)20/h2-3,5,8H,4,13-14H2,1H3,(H,17,18). The number of carboxylic acids is 1. The highest BCUT2D eigenvalue weighted by atomic mass is 16.6. The second-order valence-corrected chi connectivity index (χ2v) is 4.57. The number of nitrogens with two attached hydrogens (primary N) is 2. The molecule has 2 rings (SSSR count). The number of aromatic nitrogens is 1. The van der Waals surface area contributed by atoms with Crippen molar-refractivity contribution in [2.45, 2.75) is 12.5 Å². The van der Waals surface area contributed by atoms with E-state index in [1.807, 2.05) is 0 Å². The fourth-order valence-electron chi connectivity index (χ4n) is 2.28. The zero-order chi connectivity index (χ0) is 15.0. The van der Waals surface area contributed by atoms with Crippen LogP contribution in [0.4, 0.5) is 11.4 Å². The normalized spacial score (nSPS) is 12.5. The third-order valence-corrected chi connectivity index (χ3v) is 3.17. The van der Waals surface area contributed by atoms with Gasteiger partial charge in [-0.1, -0.05) is 0 Å². The molecular weight excluding hydrogens is 264 g/mol. The number of carboxylic acid groups (broad SMARTS) is 1. The summed E-state index contributed by atoms with van der Waals surface area (Å²) in [6, 6.07) is 1.69. The molecule has 8 nitrogen and oxygen atoms in total. The van der Waals surface area contributed by atoms with Crippen molar-refractivity contribution in [2.24, 2.45) is 12.8 Å². The number of hydrogen-bond acceptors (Lipinski definition) is 5. The van der Waals surface area contributed by atoms with Crippen molar-refractivity contribution >= 4 is 28.2 Å². The Morgan fingerprint density at radius 3 is 2.75 bits per heavy atom. The Kier molecular flexibility index (Phi) is 3.33. The maximum atomic E-state index is 11.1. The van der Waals surface area contributed by atoms with E-state index in [4.69, 9.17) is 16.6 Å². The Balaban J connectivity index is 2.67. The van der Waals surface area contributed by atoms with Gasteiger partial charge in [0.05, 0.1) is 4.92 Å². The molecule has 2 aromatic rings. The number of fused-ring (bicyclic) bond motifs is 1. The number of aryl methyl sites for hydroxylation is 1. The lowest BCUT2D eigenvalue weighted by atomic mass is 10.0. The van der Waals surface area contributed by atoms with Gasteiger partial charge in [-0.3, -0.25) is 14.9 Å². The second-order valence-electron chi connectivity index (χ2n) is 4.57. The van der Waals surface area contributed by atoms with E-state index < -0.39 is 16.9 Å². The highest BCUT2D eigenvalue weighted by molar-refractivity contribution is 6.00. The van der Waals surface area contributed by atoms with Gasteiger partial charge in [0.2, 0.25) is 0 Å². The third kappa shape index (κ3) is 2.16. The van der Waals surface area contributed by atoms with Crippen LogP contribution in [0, 0.1) is 10.1 Å². The van der Waals surface area contributed by atoms with Gasteiger partial charge in [-0.25, -0.2) is 0 Å². The quantitative estimate of drug-likeness (QED) is 0.426.